The lowest BCUT2D eigenvalue weighted by atomic mass is 10.2. The van der Waals surface area contributed by atoms with Crippen LogP contribution in [-0.2, 0) is 13.0 Å². The van der Waals surface area contributed by atoms with Crippen molar-refractivity contribution in [1.29, 1.82) is 0 Å². The molecule has 9 heteroatoms. The van der Waals surface area contributed by atoms with Gasteiger partial charge in [-0.1, -0.05) is 11.3 Å². The smallest absolute Gasteiger partial charge is 0.225 e. The first kappa shape index (κ1) is 22.3. The second-order valence-electron chi connectivity index (χ2n) is 4.16. The van der Waals surface area contributed by atoms with Gasteiger partial charge in [0.05, 0.1) is 10.4 Å². The Bertz CT molecular complexity index is 565. The van der Waals surface area contributed by atoms with Gasteiger partial charge in [0.25, 0.3) is 0 Å². The highest BCUT2D eigenvalue weighted by atomic mass is 35.5. The molecule has 0 fully saturated rings. The Balaban J connectivity index is 0. The summed E-state index contributed by atoms with van der Waals surface area (Å²) in [6.45, 7) is 4.71. The molecule has 0 unspecified atom stereocenters. The summed E-state index contributed by atoms with van der Waals surface area (Å²) in [5, 5.41) is 8.98. The first-order chi connectivity index (χ1) is 8.61. The second kappa shape index (κ2) is 9.86. The Kier molecular flexibility index (Phi) is 10.5. The van der Waals surface area contributed by atoms with Crippen molar-refractivity contribution in [2.24, 2.45) is 0 Å². The molecule has 2 rings (SSSR count). The highest BCUT2D eigenvalue weighted by molar-refractivity contribution is 7.09. The molecule has 6 nitrogen and oxygen atoms in total. The molecule has 0 aromatic carbocycles. The number of halogens is 2. The molecule has 0 saturated carbocycles. The van der Waals surface area contributed by atoms with Gasteiger partial charge in [-0.25, -0.2) is 9.97 Å². The van der Waals surface area contributed by atoms with Crippen molar-refractivity contribution in [1.82, 2.24) is 16.1 Å². The van der Waals surface area contributed by atoms with Gasteiger partial charge in [-0.2, -0.15) is 4.57 Å². The largest absolute Gasteiger partial charge is 1.00 e. The van der Waals surface area contributed by atoms with E-state index in [9.17, 15) is 0 Å². The van der Waals surface area contributed by atoms with Crippen LogP contribution in [0.25, 0.3) is 0 Å². The number of nitrogens with two attached hydrogens (primary N) is 1. The number of aromatic nitrogens is 3. The molecular weight excluding hydrogens is 333 g/mol. The third kappa shape index (κ3) is 5.37. The normalized spacial score (nSPS) is 9.29. The summed E-state index contributed by atoms with van der Waals surface area (Å²) in [5.74, 6) is 1.22. The predicted octanol–water partition coefficient (Wildman–Crippen LogP) is -5.22. The van der Waals surface area contributed by atoms with Crippen LogP contribution in [0.2, 0.25) is 0 Å². The highest BCUT2D eigenvalue weighted by Gasteiger charge is 2.16. The lowest BCUT2D eigenvalue weighted by molar-refractivity contribution is -0.689. The maximum atomic E-state index is 8.98. The minimum atomic E-state index is 0. The van der Waals surface area contributed by atoms with Crippen molar-refractivity contribution >= 4 is 17.2 Å². The molecule has 0 aliphatic heterocycles. The van der Waals surface area contributed by atoms with Crippen LogP contribution in [0.4, 0.5) is 5.82 Å². The van der Waals surface area contributed by atoms with Crippen molar-refractivity contribution in [3.8, 4) is 0 Å². The Hall–Kier alpha value is -0.990. The fourth-order valence-corrected chi connectivity index (χ4v) is 2.75. The van der Waals surface area contributed by atoms with Gasteiger partial charge in [0.1, 0.15) is 11.6 Å². The van der Waals surface area contributed by atoms with Gasteiger partial charge < -0.3 is 41.8 Å². The molecule has 0 radical (unpaired) electrons. The summed E-state index contributed by atoms with van der Waals surface area (Å²) in [6.07, 6.45) is 2.47. The predicted molar refractivity (Wildman–Crippen MR) is 75.3 cm³/mol. The summed E-state index contributed by atoms with van der Waals surface area (Å²) in [5.41, 5.74) is 10.0. The van der Waals surface area contributed by atoms with E-state index >= 15 is 0 Å². The van der Waals surface area contributed by atoms with Crippen LogP contribution in [0.5, 0.6) is 0 Å². The molecule has 2 aromatic rings. The van der Waals surface area contributed by atoms with Crippen LogP contribution in [-0.4, -0.2) is 21.7 Å². The van der Waals surface area contributed by atoms with Crippen molar-refractivity contribution in [2.75, 3.05) is 12.3 Å². The Morgan fingerprint density at radius 3 is 2.57 bits per heavy atom. The summed E-state index contributed by atoms with van der Waals surface area (Å²) < 4.78 is 2.11. The number of rotatable bonds is 4. The molecule has 2 aromatic heterocycles. The topological polar surface area (TPSA) is 111 Å². The molecule has 0 spiro atoms. The van der Waals surface area contributed by atoms with E-state index in [2.05, 4.69) is 14.5 Å². The molecule has 0 saturated heterocycles. The number of aliphatic hydroxyl groups excluding tert-OH is 1. The van der Waals surface area contributed by atoms with Crippen molar-refractivity contribution in [3.05, 3.63) is 33.7 Å². The lowest BCUT2D eigenvalue weighted by Crippen LogP contribution is -3.00. The third-order valence-corrected chi connectivity index (χ3v) is 4.00. The fourth-order valence-electron chi connectivity index (χ4n) is 1.77. The zero-order valence-corrected chi connectivity index (χ0v) is 14.3. The minimum Gasteiger partial charge on any atom is -1.00 e. The summed E-state index contributed by atoms with van der Waals surface area (Å²) >= 11 is 1.65. The Morgan fingerprint density at radius 2 is 2.00 bits per heavy atom. The Morgan fingerprint density at radius 1 is 1.33 bits per heavy atom. The van der Waals surface area contributed by atoms with Gasteiger partial charge in [-0.3, -0.25) is 0 Å². The molecule has 0 aliphatic carbocycles. The molecule has 0 amide bonds. The summed E-state index contributed by atoms with van der Waals surface area (Å²) in [7, 11) is 0. The van der Waals surface area contributed by atoms with Crippen LogP contribution >= 0.6 is 11.3 Å². The number of thiazole rings is 1. The molecule has 0 bridgehead atoms. The van der Waals surface area contributed by atoms with E-state index in [4.69, 9.17) is 10.8 Å². The van der Waals surface area contributed by atoms with E-state index in [0.717, 1.165) is 11.3 Å². The maximum absolute atomic E-state index is 8.98. The average molecular weight is 353 g/mol. The SMILES string of the molecule is Cc1ncc(C[n+]2csc(CCO)c2C)c(N)n1.N.[Cl-].[Cl-]. The van der Waals surface area contributed by atoms with Gasteiger partial charge in [0.15, 0.2) is 12.2 Å². The van der Waals surface area contributed by atoms with E-state index in [1.54, 1.807) is 17.5 Å². The number of nitrogen functional groups attached to an aromatic ring is 1. The van der Waals surface area contributed by atoms with Crippen molar-refractivity contribution < 1.29 is 34.5 Å². The number of hydrogen-bond donors (Lipinski definition) is 3. The van der Waals surface area contributed by atoms with E-state index in [1.807, 2.05) is 19.4 Å². The summed E-state index contributed by atoms with van der Waals surface area (Å²) in [6, 6.07) is 0. The monoisotopic (exact) mass is 352 g/mol. The molecule has 21 heavy (non-hydrogen) atoms. The number of hydrogen-bond acceptors (Lipinski definition) is 6. The molecule has 2 heterocycles. The molecule has 6 N–H and O–H groups in total. The molecule has 0 aliphatic rings. The summed E-state index contributed by atoms with van der Waals surface area (Å²) in [4.78, 5) is 9.53. The molecule has 0 atom stereocenters. The zero-order chi connectivity index (χ0) is 13.1. The van der Waals surface area contributed by atoms with Crippen molar-refractivity contribution in [3.63, 3.8) is 0 Å². The zero-order valence-electron chi connectivity index (χ0n) is 12.0. The third-order valence-electron chi connectivity index (χ3n) is 2.85. The fraction of sp³-hybridized carbons (Fsp3) is 0.417. The number of nitrogens with zero attached hydrogens (tertiary/aromatic N) is 3. The first-order valence-electron chi connectivity index (χ1n) is 5.77. The molecular formula is C12H20Cl2N5OS-. The van der Waals surface area contributed by atoms with Crippen LogP contribution < -0.4 is 41.3 Å². The van der Waals surface area contributed by atoms with Gasteiger partial charge in [-0.05, 0) is 6.92 Å². The van der Waals surface area contributed by atoms with Gasteiger partial charge in [0.2, 0.25) is 5.51 Å². The van der Waals surface area contributed by atoms with Crippen LogP contribution in [0, 0.1) is 13.8 Å². The van der Waals surface area contributed by atoms with E-state index in [0.29, 0.717) is 24.6 Å². The van der Waals surface area contributed by atoms with E-state index < -0.39 is 0 Å². The number of anilines is 1. The quantitative estimate of drug-likeness (QED) is 0.476. The number of aryl methyl sites for hydroxylation is 1. The molecule has 120 valence electrons. The van der Waals surface area contributed by atoms with Gasteiger partial charge >= 0.3 is 0 Å². The average Bonchev–Trinajstić information content (AvgIpc) is 2.66. The van der Waals surface area contributed by atoms with Gasteiger partial charge in [-0.15, -0.1) is 0 Å². The van der Waals surface area contributed by atoms with Crippen LogP contribution in [0.1, 0.15) is 22.0 Å². The Labute approximate surface area is 140 Å². The highest BCUT2D eigenvalue weighted by Crippen LogP contribution is 2.13. The minimum absolute atomic E-state index is 0. The standard InChI is InChI=1S/C12H17N4OS.2ClH.H3N/c1-8-11(3-4-17)18-7-16(8)6-10-5-14-9(2)15-12(10)13;;;/h5,7,17H,3-4,6H2,1-2H3,(H2,13,14,15);2*1H;1H3/q+1;;;/p-2. The maximum Gasteiger partial charge on any atom is 0.225 e. The number of aliphatic hydroxyl groups is 1. The van der Waals surface area contributed by atoms with Crippen molar-refractivity contribution in [2.45, 2.75) is 26.8 Å². The lowest BCUT2D eigenvalue weighted by Gasteiger charge is -2.01. The van der Waals surface area contributed by atoms with E-state index in [1.165, 1.54) is 4.88 Å². The van der Waals surface area contributed by atoms with E-state index in [-0.39, 0.29) is 37.6 Å². The second-order valence-corrected chi connectivity index (χ2v) is 5.10. The van der Waals surface area contributed by atoms with Gasteiger partial charge in [0, 0.05) is 26.1 Å². The van der Waals surface area contributed by atoms with Crippen LogP contribution in [0.15, 0.2) is 11.7 Å². The first-order valence-corrected chi connectivity index (χ1v) is 6.65. The van der Waals surface area contributed by atoms with Crippen LogP contribution in [0.3, 0.4) is 0 Å².